The number of hydrogen-bond acceptors (Lipinski definition) is 2. The van der Waals surface area contributed by atoms with Crippen molar-refractivity contribution in [3.05, 3.63) is 18.7 Å². The number of imidazole rings is 1. The molecule has 0 aromatic carbocycles. The van der Waals surface area contributed by atoms with Gasteiger partial charge < -0.3 is 4.57 Å². The molecule has 0 aliphatic carbocycles. The van der Waals surface area contributed by atoms with Gasteiger partial charge in [0.1, 0.15) is 0 Å². The molecule has 0 radical (unpaired) electrons. The lowest BCUT2D eigenvalue weighted by molar-refractivity contribution is 0.539. The minimum atomic E-state index is 1.05. The van der Waals surface area contributed by atoms with Crippen LogP contribution >= 0.6 is 12.6 Å². The molecule has 0 bridgehead atoms. The monoisotopic (exact) mass is 254 g/mol. The zero-order valence-corrected chi connectivity index (χ0v) is 11.7. The smallest absolute Gasteiger partial charge is 0.0945 e. The molecule has 0 amide bonds. The maximum Gasteiger partial charge on any atom is 0.0945 e. The maximum atomic E-state index is 4.22. The Balaban J connectivity index is 1.76. The molecular formula is C14H26N2S. The van der Waals surface area contributed by atoms with E-state index >= 15 is 0 Å². The number of rotatable bonds is 11. The minimum Gasteiger partial charge on any atom is -0.337 e. The first-order chi connectivity index (χ1) is 8.43. The normalized spacial score (nSPS) is 10.9. The van der Waals surface area contributed by atoms with Crippen molar-refractivity contribution in [3.8, 4) is 0 Å². The third kappa shape index (κ3) is 8.31. The zero-order chi connectivity index (χ0) is 12.2. The van der Waals surface area contributed by atoms with Crippen LogP contribution in [0.15, 0.2) is 18.7 Å². The number of unbranched alkanes of at least 4 members (excludes halogenated alkanes) is 8. The van der Waals surface area contributed by atoms with Gasteiger partial charge in [-0.05, 0) is 18.6 Å². The fraction of sp³-hybridized carbons (Fsp3) is 0.786. The Morgan fingerprint density at radius 1 is 0.824 bits per heavy atom. The third-order valence-corrected chi connectivity index (χ3v) is 3.45. The Bertz CT molecular complexity index is 247. The van der Waals surface area contributed by atoms with Gasteiger partial charge in [0, 0.05) is 18.9 Å². The fourth-order valence-corrected chi connectivity index (χ4v) is 2.29. The van der Waals surface area contributed by atoms with Crippen LogP contribution in [-0.4, -0.2) is 15.3 Å². The molecular weight excluding hydrogens is 228 g/mol. The molecule has 0 unspecified atom stereocenters. The highest BCUT2D eigenvalue weighted by Gasteiger charge is 1.93. The average molecular weight is 254 g/mol. The van der Waals surface area contributed by atoms with Crippen LogP contribution in [0.5, 0.6) is 0 Å². The average Bonchev–Trinajstić information content (AvgIpc) is 2.85. The molecule has 0 atom stereocenters. The molecule has 0 aliphatic rings. The molecule has 98 valence electrons. The van der Waals surface area contributed by atoms with Crippen LogP contribution in [0.25, 0.3) is 0 Å². The van der Waals surface area contributed by atoms with E-state index in [9.17, 15) is 0 Å². The molecule has 1 aromatic rings. The van der Waals surface area contributed by atoms with Crippen molar-refractivity contribution >= 4 is 12.6 Å². The van der Waals surface area contributed by atoms with E-state index in [2.05, 4.69) is 22.2 Å². The van der Waals surface area contributed by atoms with Gasteiger partial charge in [0.15, 0.2) is 0 Å². The van der Waals surface area contributed by atoms with E-state index < -0.39 is 0 Å². The summed E-state index contributed by atoms with van der Waals surface area (Å²) in [5.41, 5.74) is 0. The van der Waals surface area contributed by atoms with E-state index in [1.165, 1.54) is 57.8 Å². The summed E-state index contributed by atoms with van der Waals surface area (Å²) in [5, 5.41) is 0. The summed E-state index contributed by atoms with van der Waals surface area (Å²) < 4.78 is 2.16. The molecule has 0 aliphatic heterocycles. The molecule has 17 heavy (non-hydrogen) atoms. The summed E-state index contributed by atoms with van der Waals surface area (Å²) in [4.78, 5) is 4.04. The Labute approximate surface area is 111 Å². The molecule has 0 spiro atoms. The first-order valence-corrected chi connectivity index (χ1v) is 7.63. The SMILES string of the molecule is SCCCCCCCCCCCn1ccnc1. The Kier molecular flexibility index (Phi) is 9.20. The zero-order valence-electron chi connectivity index (χ0n) is 10.9. The molecule has 0 N–H and O–H groups in total. The largest absolute Gasteiger partial charge is 0.337 e. The van der Waals surface area contributed by atoms with Crippen molar-refractivity contribution < 1.29 is 0 Å². The van der Waals surface area contributed by atoms with Crippen molar-refractivity contribution in [2.75, 3.05) is 5.75 Å². The fourth-order valence-electron chi connectivity index (χ4n) is 2.06. The molecule has 1 heterocycles. The van der Waals surface area contributed by atoms with Gasteiger partial charge in [-0.2, -0.15) is 12.6 Å². The Hall–Kier alpha value is -0.440. The maximum absolute atomic E-state index is 4.22. The first-order valence-electron chi connectivity index (χ1n) is 7.00. The predicted octanol–water partition coefficient (Wildman–Crippen LogP) is 4.32. The number of hydrogen-bond donors (Lipinski definition) is 1. The summed E-state index contributed by atoms with van der Waals surface area (Å²) >= 11 is 4.22. The minimum absolute atomic E-state index is 1.05. The molecule has 1 aromatic heterocycles. The second-order valence-electron chi connectivity index (χ2n) is 4.71. The van der Waals surface area contributed by atoms with Gasteiger partial charge in [0.05, 0.1) is 6.33 Å². The van der Waals surface area contributed by atoms with Crippen LogP contribution in [0.4, 0.5) is 0 Å². The van der Waals surface area contributed by atoms with Crippen molar-refractivity contribution in [3.63, 3.8) is 0 Å². The summed E-state index contributed by atoms with van der Waals surface area (Å²) in [5.74, 6) is 1.05. The van der Waals surface area contributed by atoms with Crippen LogP contribution in [0.1, 0.15) is 57.8 Å². The third-order valence-electron chi connectivity index (χ3n) is 3.13. The highest BCUT2D eigenvalue weighted by molar-refractivity contribution is 7.80. The van der Waals surface area contributed by atoms with E-state index in [-0.39, 0.29) is 0 Å². The second kappa shape index (κ2) is 10.7. The number of aromatic nitrogens is 2. The summed E-state index contributed by atoms with van der Waals surface area (Å²) in [6.07, 6.45) is 18.1. The Morgan fingerprint density at radius 3 is 1.94 bits per heavy atom. The van der Waals surface area contributed by atoms with Crippen LogP contribution in [0.2, 0.25) is 0 Å². The summed E-state index contributed by atoms with van der Waals surface area (Å²) in [6, 6.07) is 0. The number of thiol groups is 1. The second-order valence-corrected chi connectivity index (χ2v) is 5.15. The van der Waals surface area contributed by atoms with E-state index in [4.69, 9.17) is 0 Å². The van der Waals surface area contributed by atoms with Crippen molar-refractivity contribution in [2.45, 2.75) is 64.3 Å². The van der Waals surface area contributed by atoms with Crippen LogP contribution < -0.4 is 0 Å². The summed E-state index contributed by atoms with van der Waals surface area (Å²) in [6.45, 7) is 1.13. The van der Waals surface area contributed by atoms with E-state index in [1.54, 1.807) is 0 Å². The molecule has 0 fully saturated rings. The number of nitrogens with zero attached hydrogens (tertiary/aromatic N) is 2. The van der Waals surface area contributed by atoms with Gasteiger partial charge in [-0.1, -0.05) is 44.9 Å². The van der Waals surface area contributed by atoms with Crippen LogP contribution in [0, 0.1) is 0 Å². The lowest BCUT2D eigenvalue weighted by atomic mass is 10.1. The molecule has 0 saturated heterocycles. The van der Waals surface area contributed by atoms with E-state index in [0.29, 0.717) is 0 Å². The number of aryl methyl sites for hydroxylation is 1. The lowest BCUT2D eigenvalue weighted by Gasteiger charge is -2.03. The van der Waals surface area contributed by atoms with Gasteiger partial charge in [-0.25, -0.2) is 4.98 Å². The molecule has 1 rings (SSSR count). The van der Waals surface area contributed by atoms with Crippen molar-refractivity contribution in [1.29, 1.82) is 0 Å². The van der Waals surface area contributed by atoms with Gasteiger partial charge in [0.2, 0.25) is 0 Å². The van der Waals surface area contributed by atoms with Gasteiger partial charge in [-0.15, -0.1) is 0 Å². The van der Waals surface area contributed by atoms with Gasteiger partial charge in [0.25, 0.3) is 0 Å². The van der Waals surface area contributed by atoms with E-state index in [1.807, 2.05) is 18.7 Å². The lowest BCUT2D eigenvalue weighted by Crippen LogP contribution is -1.93. The van der Waals surface area contributed by atoms with Crippen molar-refractivity contribution in [1.82, 2.24) is 9.55 Å². The van der Waals surface area contributed by atoms with E-state index in [0.717, 1.165) is 12.3 Å². The molecule has 0 saturated carbocycles. The molecule has 2 nitrogen and oxygen atoms in total. The standard InChI is InChI=1S/C14H26N2S/c17-13-9-7-5-3-1-2-4-6-8-11-16-12-10-15-14-16/h10,12,14,17H,1-9,11,13H2. The molecule has 3 heteroatoms. The first kappa shape index (κ1) is 14.6. The van der Waals surface area contributed by atoms with Gasteiger partial charge >= 0.3 is 0 Å². The highest BCUT2D eigenvalue weighted by Crippen LogP contribution is 2.10. The van der Waals surface area contributed by atoms with Crippen molar-refractivity contribution in [2.24, 2.45) is 0 Å². The van der Waals surface area contributed by atoms with Crippen LogP contribution in [-0.2, 0) is 6.54 Å². The van der Waals surface area contributed by atoms with Gasteiger partial charge in [-0.3, -0.25) is 0 Å². The quantitative estimate of drug-likeness (QED) is 0.460. The topological polar surface area (TPSA) is 17.8 Å². The highest BCUT2D eigenvalue weighted by atomic mass is 32.1. The Morgan fingerprint density at radius 2 is 1.41 bits per heavy atom. The van der Waals surface area contributed by atoms with Crippen LogP contribution in [0.3, 0.4) is 0 Å². The predicted molar refractivity (Wildman–Crippen MR) is 77.6 cm³/mol. The summed E-state index contributed by atoms with van der Waals surface area (Å²) in [7, 11) is 0.